The number of rotatable bonds is 1. The number of anilines is 1. The molecule has 0 bridgehead atoms. The van der Waals surface area contributed by atoms with Gasteiger partial charge < -0.3 is 4.90 Å². The zero-order valence-electron chi connectivity index (χ0n) is 11.1. The first kappa shape index (κ1) is 11.6. The lowest BCUT2D eigenvalue weighted by Gasteiger charge is -2.31. The lowest BCUT2D eigenvalue weighted by molar-refractivity contribution is 0.578. The van der Waals surface area contributed by atoms with Crippen LogP contribution >= 0.6 is 11.8 Å². The molecule has 0 amide bonds. The van der Waals surface area contributed by atoms with Crippen molar-refractivity contribution in [2.75, 3.05) is 18.0 Å². The predicted molar refractivity (Wildman–Crippen MR) is 82.8 cm³/mol. The number of thioether (sulfide) groups is 1. The molecule has 2 aromatic rings. The minimum Gasteiger partial charge on any atom is -0.371 e. The van der Waals surface area contributed by atoms with E-state index in [0.29, 0.717) is 0 Å². The molecule has 0 saturated carbocycles. The van der Waals surface area contributed by atoms with E-state index in [1.807, 2.05) is 11.8 Å². The fourth-order valence-electron chi connectivity index (χ4n) is 3.28. The van der Waals surface area contributed by atoms with Crippen molar-refractivity contribution < 1.29 is 0 Å². The summed E-state index contributed by atoms with van der Waals surface area (Å²) in [6.45, 7) is 2.43. The second-order valence-electron chi connectivity index (χ2n) is 5.44. The smallest absolute Gasteiger partial charge is 0.0726 e. The van der Waals surface area contributed by atoms with Crippen LogP contribution in [0.15, 0.2) is 24.3 Å². The SMILES string of the molecule is c1ccc2c(N3CCCCC3)c3c(nc2c1)CSC3. The lowest BCUT2D eigenvalue weighted by atomic mass is 10.0. The second kappa shape index (κ2) is 4.71. The Morgan fingerprint density at radius 1 is 1.00 bits per heavy atom. The molecule has 0 atom stereocenters. The van der Waals surface area contributed by atoms with E-state index in [1.54, 1.807) is 0 Å². The van der Waals surface area contributed by atoms with Crippen LogP contribution in [0.5, 0.6) is 0 Å². The summed E-state index contributed by atoms with van der Waals surface area (Å²) < 4.78 is 0. The van der Waals surface area contributed by atoms with Gasteiger partial charge in [-0.1, -0.05) is 18.2 Å². The van der Waals surface area contributed by atoms with Crippen molar-refractivity contribution in [3.05, 3.63) is 35.5 Å². The monoisotopic (exact) mass is 270 g/mol. The summed E-state index contributed by atoms with van der Waals surface area (Å²) in [5.41, 5.74) is 5.49. The van der Waals surface area contributed by atoms with Crippen LogP contribution in [0.25, 0.3) is 10.9 Å². The lowest BCUT2D eigenvalue weighted by Crippen LogP contribution is -2.30. The van der Waals surface area contributed by atoms with Crippen LogP contribution in [-0.2, 0) is 11.5 Å². The number of pyridine rings is 1. The van der Waals surface area contributed by atoms with Gasteiger partial charge in [0, 0.05) is 35.5 Å². The van der Waals surface area contributed by atoms with Gasteiger partial charge in [0.2, 0.25) is 0 Å². The number of fused-ring (bicyclic) bond motifs is 2. The topological polar surface area (TPSA) is 16.1 Å². The molecule has 2 nitrogen and oxygen atoms in total. The van der Waals surface area contributed by atoms with E-state index in [-0.39, 0.29) is 0 Å². The van der Waals surface area contributed by atoms with Crippen LogP contribution in [0.1, 0.15) is 30.5 Å². The average Bonchev–Trinajstić information content (AvgIpc) is 2.93. The maximum absolute atomic E-state index is 4.86. The van der Waals surface area contributed by atoms with Crippen molar-refractivity contribution in [1.29, 1.82) is 0 Å². The van der Waals surface area contributed by atoms with Crippen LogP contribution in [-0.4, -0.2) is 18.1 Å². The number of hydrogen-bond acceptors (Lipinski definition) is 3. The number of piperidine rings is 1. The van der Waals surface area contributed by atoms with Crippen molar-refractivity contribution >= 4 is 28.4 Å². The molecule has 0 spiro atoms. The Morgan fingerprint density at radius 3 is 2.74 bits per heavy atom. The quantitative estimate of drug-likeness (QED) is 0.780. The molecule has 1 aromatic heterocycles. The fraction of sp³-hybridized carbons (Fsp3) is 0.438. The molecule has 0 aliphatic carbocycles. The molecule has 2 aliphatic rings. The Hall–Kier alpha value is -1.22. The van der Waals surface area contributed by atoms with E-state index in [1.165, 1.54) is 60.2 Å². The summed E-state index contributed by atoms with van der Waals surface area (Å²) in [4.78, 5) is 7.47. The van der Waals surface area contributed by atoms with E-state index < -0.39 is 0 Å². The summed E-state index contributed by atoms with van der Waals surface area (Å²) in [6.07, 6.45) is 4.05. The van der Waals surface area contributed by atoms with E-state index in [2.05, 4.69) is 29.2 Å². The van der Waals surface area contributed by atoms with Crippen LogP contribution in [0.2, 0.25) is 0 Å². The molecule has 0 radical (unpaired) electrons. The summed E-state index contributed by atoms with van der Waals surface area (Å²) in [7, 11) is 0. The molecule has 19 heavy (non-hydrogen) atoms. The summed E-state index contributed by atoms with van der Waals surface area (Å²) in [5, 5.41) is 1.35. The highest BCUT2D eigenvalue weighted by molar-refractivity contribution is 7.98. The Labute approximate surface area is 118 Å². The van der Waals surface area contributed by atoms with Gasteiger partial charge in [-0.05, 0) is 25.3 Å². The number of nitrogens with zero attached hydrogens (tertiary/aromatic N) is 2. The molecular formula is C16H18N2S. The Morgan fingerprint density at radius 2 is 1.84 bits per heavy atom. The summed E-state index contributed by atoms with van der Waals surface area (Å²) >= 11 is 2.00. The average molecular weight is 270 g/mol. The van der Waals surface area contributed by atoms with Gasteiger partial charge >= 0.3 is 0 Å². The highest BCUT2D eigenvalue weighted by atomic mass is 32.2. The van der Waals surface area contributed by atoms with Gasteiger partial charge in [-0.3, -0.25) is 4.98 Å². The Bertz CT molecular complexity index is 617. The van der Waals surface area contributed by atoms with Crippen molar-refractivity contribution in [3.63, 3.8) is 0 Å². The zero-order chi connectivity index (χ0) is 12.7. The van der Waals surface area contributed by atoms with Gasteiger partial charge in [0.15, 0.2) is 0 Å². The number of hydrogen-bond donors (Lipinski definition) is 0. The molecule has 0 N–H and O–H groups in total. The molecule has 4 rings (SSSR count). The standard InChI is InChI=1S/C16H18N2S/c1-4-8-18(9-5-1)16-12-6-2-3-7-14(12)17-15-11-19-10-13(15)16/h2-3,6-7H,1,4-5,8-11H2. The minimum absolute atomic E-state index is 1.08. The highest BCUT2D eigenvalue weighted by Gasteiger charge is 2.24. The molecule has 2 aliphatic heterocycles. The van der Waals surface area contributed by atoms with Gasteiger partial charge in [0.1, 0.15) is 0 Å². The zero-order valence-corrected chi connectivity index (χ0v) is 11.9. The van der Waals surface area contributed by atoms with Crippen LogP contribution in [0.4, 0.5) is 5.69 Å². The summed E-state index contributed by atoms with van der Waals surface area (Å²) in [5.74, 6) is 2.22. The normalized spacial score (nSPS) is 18.8. The molecule has 1 aromatic carbocycles. The van der Waals surface area contributed by atoms with Crippen LogP contribution in [0, 0.1) is 0 Å². The van der Waals surface area contributed by atoms with Crippen molar-refractivity contribution in [1.82, 2.24) is 4.98 Å². The molecule has 1 saturated heterocycles. The van der Waals surface area contributed by atoms with Crippen molar-refractivity contribution in [2.24, 2.45) is 0 Å². The number of benzene rings is 1. The Kier molecular flexibility index (Phi) is 2.87. The molecular weight excluding hydrogens is 252 g/mol. The molecule has 1 fully saturated rings. The third kappa shape index (κ3) is 1.91. The summed E-state index contributed by atoms with van der Waals surface area (Å²) in [6, 6.07) is 8.65. The maximum atomic E-state index is 4.86. The second-order valence-corrected chi connectivity index (χ2v) is 6.43. The van der Waals surface area contributed by atoms with E-state index in [4.69, 9.17) is 4.98 Å². The van der Waals surface area contributed by atoms with Gasteiger partial charge in [-0.15, -0.1) is 0 Å². The van der Waals surface area contributed by atoms with E-state index in [0.717, 1.165) is 11.5 Å². The van der Waals surface area contributed by atoms with Gasteiger partial charge in [0.25, 0.3) is 0 Å². The minimum atomic E-state index is 1.08. The van der Waals surface area contributed by atoms with E-state index >= 15 is 0 Å². The van der Waals surface area contributed by atoms with Gasteiger partial charge in [-0.2, -0.15) is 11.8 Å². The third-order valence-corrected chi connectivity index (χ3v) is 5.18. The molecule has 0 unspecified atom stereocenters. The maximum Gasteiger partial charge on any atom is 0.0726 e. The first-order valence-corrected chi connectivity index (χ1v) is 8.32. The molecule has 98 valence electrons. The third-order valence-electron chi connectivity index (χ3n) is 4.21. The first-order valence-electron chi connectivity index (χ1n) is 7.17. The largest absolute Gasteiger partial charge is 0.371 e. The first-order chi connectivity index (χ1) is 9.43. The van der Waals surface area contributed by atoms with Gasteiger partial charge in [0.05, 0.1) is 16.9 Å². The van der Waals surface area contributed by atoms with Crippen LogP contribution in [0.3, 0.4) is 0 Å². The van der Waals surface area contributed by atoms with E-state index in [9.17, 15) is 0 Å². The fourth-order valence-corrected chi connectivity index (χ4v) is 4.32. The van der Waals surface area contributed by atoms with Crippen LogP contribution < -0.4 is 4.90 Å². The number of para-hydroxylation sites is 1. The highest BCUT2D eigenvalue weighted by Crippen LogP contribution is 2.40. The molecule has 3 heteroatoms. The predicted octanol–water partition coefficient (Wildman–Crippen LogP) is 3.97. The molecule has 3 heterocycles. The van der Waals surface area contributed by atoms with Gasteiger partial charge in [-0.25, -0.2) is 0 Å². The number of aromatic nitrogens is 1. The van der Waals surface area contributed by atoms with Crippen molar-refractivity contribution in [3.8, 4) is 0 Å². The Balaban J connectivity index is 1.95. The van der Waals surface area contributed by atoms with Crippen molar-refractivity contribution in [2.45, 2.75) is 30.8 Å².